The molecule has 2 heterocycles. The number of rotatable bonds is 2. The van der Waals surface area contributed by atoms with Gasteiger partial charge in [-0.3, -0.25) is 0 Å². The van der Waals surface area contributed by atoms with Crippen molar-refractivity contribution in [1.29, 1.82) is 0 Å². The second-order valence-corrected chi connectivity index (χ2v) is 6.58. The number of anilines is 2. The average molecular weight is 278 g/mol. The first-order valence-corrected chi connectivity index (χ1v) is 7.17. The van der Waals surface area contributed by atoms with Gasteiger partial charge in [0.05, 0.1) is 5.69 Å². The van der Waals surface area contributed by atoms with Gasteiger partial charge >= 0.3 is 0 Å². The Hall–Kier alpha value is -1.49. The summed E-state index contributed by atoms with van der Waals surface area (Å²) in [5.74, 6) is 1.47. The first kappa shape index (κ1) is 14.9. The van der Waals surface area contributed by atoms with Crippen LogP contribution in [0.1, 0.15) is 27.7 Å². The highest BCUT2D eigenvalue weighted by Crippen LogP contribution is 2.28. The van der Waals surface area contributed by atoms with Crippen LogP contribution in [0.25, 0.3) is 0 Å². The third-order valence-electron chi connectivity index (χ3n) is 3.40. The molecule has 1 aromatic rings. The second kappa shape index (κ2) is 5.48. The predicted molar refractivity (Wildman–Crippen MR) is 83.3 cm³/mol. The molecule has 5 heteroatoms. The summed E-state index contributed by atoms with van der Waals surface area (Å²) < 4.78 is 5.85. The summed E-state index contributed by atoms with van der Waals surface area (Å²) in [4.78, 5) is 9.27. The smallest absolute Gasteiger partial charge is 0.239 e. The SMILES string of the molecule is CC1CN(C)CCN1c1ccc(N)c(OC(C)(C)C)n1. The van der Waals surface area contributed by atoms with Gasteiger partial charge in [-0.2, -0.15) is 4.98 Å². The lowest BCUT2D eigenvalue weighted by atomic mass is 10.2. The molecule has 1 aliphatic rings. The molecule has 0 radical (unpaired) electrons. The van der Waals surface area contributed by atoms with Crippen molar-refractivity contribution >= 4 is 11.5 Å². The van der Waals surface area contributed by atoms with Gasteiger partial charge in [-0.05, 0) is 46.9 Å². The molecule has 5 nitrogen and oxygen atoms in total. The fraction of sp³-hybridized carbons (Fsp3) is 0.667. The largest absolute Gasteiger partial charge is 0.470 e. The maximum Gasteiger partial charge on any atom is 0.239 e. The number of hydrogen-bond acceptors (Lipinski definition) is 5. The molecule has 20 heavy (non-hydrogen) atoms. The number of nitrogens with two attached hydrogens (primary N) is 1. The van der Waals surface area contributed by atoms with E-state index in [2.05, 4.69) is 28.8 Å². The van der Waals surface area contributed by atoms with Gasteiger partial charge in [-0.1, -0.05) is 0 Å². The molecule has 2 N–H and O–H groups in total. The summed E-state index contributed by atoms with van der Waals surface area (Å²) in [7, 11) is 2.15. The summed E-state index contributed by atoms with van der Waals surface area (Å²) in [6.45, 7) is 11.3. The maximum atomic E-state index is 5.97. The molecule has 1 saturated heterocycles. The zero-order valence-electron chi connectivity index (χ0n) is 13.2. The molecular formula is C15H26N4O. The van der Waals surface area contributed by atoms with Gasteiger partial charge in [0.15, 0.2) is 0 Å². The van der Waals surface area contributed by atoms with Crippen molar-refractivity contribution in [2.75, 3.05) is 37.3 Å². The van der Waals surface area contributed by atoms with Crippen LogP contribution in [-0.4, -0.2) is 48.2 Å². The van der Waals surface area contributed by atoms with Crippen molar-refractivity contribution in [3.63, 3.8) is 0 Å². The molecule has 0 spiro atoms. The van der Waals surface area contributed by atoms with Gasteiger partial charge in [0.2, 0.25) is 5.88 Å². The Kier molecular flexibility index (Phi) is 4.09. The summed E-state index contributed by atoms with van der Waals surface area (Å²) in [6, 6.07) is 4.30. The van der Waals surface area contributed by atoms with Crippen molar-refractivity contribution in [2.45, 2.75) is 39.3 Å². The molecule has 1 unspecified atom stereocenters. The van der Waals surface area contributed by atoms with Crippen LogP contribution in [0.2, 0.25) is 0 Å². The first-order chi connectivity index (χ1) is 9.26. The predicted octanol–water partition coefficient (Wildman–Crippen LogP) is 1.98. The van der Waals surface area contributed by atoms with E-state index in [1.165, 1.54) is 0 Å². The fourth-order valence-electron chi connectivity index (χ4n) is 2.45. The van der Waals surface area contributed by atoms with E-state index in [0.717, 1.165) is 25.5 Å². The normalized spacial score (nSPS) is 21.1. The summed E-state index contributed by atoms with van der Waals surface area (Å²) >= 11 is 0. The van der Waals surface area contributed by atoms with E-state index in [1.807, 2.05) is 32.9 Å². The number of aromatic nitrogens is 1. The Morgan fingerprint density at radius 2 is 2.00 bits per heavy atom. The van der Waals surface area contributed by atoms with E-state index >= 15 is 0 Å². The van der Waals surface area contributed by atoms with Gasteiger partial charge in [-0.15, -0.1) is 0 Å². The Morgan fingerprint density at radius 1 is 1.30 bits per heavy atom. The van der Waals surface area contributed by atoms with E-state index in [1.54, 1.807) is 0 Å². The van der Waals surface area contributed by atoms with Crippen LogP contribution in [0.4, 0.5) is 11.5 Å². The quantitative estimate of drug-likeness (QED) is 0.896. The van der Waals surface area contributed by atoms with E-state index in [0.29, 0.717) is 17.6 Å². The molecule has 0 saturated carbocycles. The van der Waals surface area contributed by atoms with Gasteiger partial charge < -0.3 is 20.3 Å². The molecule has 1 fully saturated rings. The molecule has 0 aromatic carbocycles. The van der Waals surface area contributed by atoms with Crippen LogP contribution in [0.5, 0.6) is 5.88 Å². The molecule has 1 aromatic heterocycles. The lowest BCUT2D eigenvalue weighted by molar-refractivity contribution is 0.125. The second-order valence-electron chi connectivity index (χ2n) is 6.58. The van der Waals surface area contributed by atoms with Crippen molar-refractivity contribution < 1.29 is 4.74 Å². The minimum Gasteiger partial charge on any atom is -0.470 e. The van der Waals surface area contributed by atoms with Crippen LogP contribution in [-0.2, 0) is 0 Å². The highest BCUT2D eigenvalue weighted by Gasteiger charge is 2.24. The van der Waals surface area contributed by atoms with Crippen LogP contribution in [0, 0.1) is 0 Å². The van der Waals surface area contributed by atoms with Crippen LogP contribution in [0.3, 0.4) is 0 Å². The highest BCUT2D eigenvalue weighted by atomic mass is 16.5. The van der Waals surface area contributed by atoms with E-state index in [-0.39, 0.29) is 5.60 Å². The lowest BCUT2D eigenvalue weighted by Gasteiger charge is -2.39. The monoisotopic (exact) mass is 278 g/mol. The summed E-state index contributed by atoms with van der Waals surface area (Å²) in [6.07, 6.45) is 0. The number of piperazine rings is 1. The fourth-order valence-corrected chi connectivity index (χ4v) is 2.45. The Labute approximate surface area is 121 Å². The average Bonchev–Trinajstić information content (AvgIpc) is 2.30. The third-order valence-corrected chi connectivity index (χ3v) is 3.40. The van der Waals surface area contributed by atoms with Gasteiger partial charge in [-0.25, -0.2) is 0 Å². The van der Waals surface area contributed by atoms with Gasteiger partial charge in [0.1, 0.15) is 11.4 Å². The minimum atomic E-state index is -0.298. The zero-order valence-corrected chi connectivity index (χ0v) is 13.2. The van der Waals surface area contributed by atoms with E-state index in [9.17, 15) is 0 Å². The lowest BCUT2D eigenvalue weighted by Crippen LogP contribution is -2.50. The zero-order chi connectivity index (χ0) is 14.9. The first-order valence-electron chi connectivity index (χ1n) is 7.17. The Morgan fingerprint density at radius 3 is 2.60 bits per heavy atom. The number of pyridine rings is 1. The van der Waals surface area contributed by atoms with E-state index in [4.69, 9.17) is 10.5 Å². The van der Waals surface area contributed by atoms with Gasteiger partial charge in [0, 0.05) is 25.7 Å². The topological polar surface area (TPSA) is 54.6 Å². The third kappa shape index (κ3) is 3.54. The summed E-state index contributed by atoms with van der Waals surface area (Å²) in [5.41, 5.74) is 6.26. The molecule has 1 atom stereocenters. The molecule has 112 valence electrons. The number of likely N-dealkylation sites (N-methyl/N-ethyl adjacent to an activating group) is 1. The number of ether oxygens (including phenoxy) is 1. The Bertz CT molecular complexity index is 469. The number of hydrogen-bond donors (Lipinski definition) is 1. The van der Waals surface area contributed by atoms with Crippen LogP contribution >= 0.6 is 0 Å². The molecule has 0 bridgehead atoms. The highest BCUT2D eigenvalue weighted by molar-refractivity contribution is 5.55. The van der Waals surface area contributed by atoms with Crippen LogP contribution in [0.15, 0.2) is 12.1 Å². The van der Waals surface area contributed by atoms with Crippen molar-refractivity contribution in [1.82, 2.24) is 9.88 Å². The Balaban J connectivity index is 2.23. The van der Waals surface area contributed by atoms with Crippen molar-refractivity contribution in [3.05, 3.63) is 12.1 Å². The standard InChI is InChI=1S/C15H26N4O/c1-11-10-18(5)8-9-19(11)13-7-6-12(16)14(17-13)20-15(2,3)4/h6-7,11H,8-10,16H2,1-5H3. The number of nitrogen functional groups attached to an aromatic ring is 1. The van der Waals surface area contributed by atoms with E-state index < -0.39 is 0 Å². The van der Waals surface area contributed by atoms with Gasteiger partial charge in [0.25, 0.3) is 0 Å². The molecular weight excluding hydrogens is 252 g/mol. The maximum absolute atomic E-state index is 5.97. The summed E-state index contributed by atoms with van der Waals surface area (Å²) in [5, 5.41) is 0. The minimum absolute atomic E-state index is 0.298. The number of nitrogens with zero attached hydrogens (tertiary/aromatic N) is 3. The molecule has 1 aliphatic heterocycles. The van der Waals surface area contributed by atoms with Crippen LogP contribution < -0.4 is 15.4 Å². The molecule has 0 amide bonds. The molecule has 0 aliphatic carbocycles. The van der Waals surface area contributed by atoms with Crippen molar-refractivity contribution in [2.24, 2.45) is 0 Å². The molecule has 2 rings (SSSR count). The van der Waals surface area contributed by atoms with Crippen molar-refractivity contribution in [3.8, 4) is 5.88 Å².